The summed E-state index contributed by atoms with van der Waals surface area (Å²) >= 11 is 0. The number of rotatable bonds is 5. The first-order chi connectivity index (χ1) is 13.5. The zero-order valence-corrected chi connectivity index (χ0v) is 16.0. The van der Waals surface area contributed by atoms with Gasteiger partial charge in [-0.05, 0) is 51.5 Å². The Labute approximate surface area is 162 Å². The summed E-state index contributed by atoms with van der Waals surface area (Å²) in [5.74, 6) is 1.55. The van der Waals surface area contributed by atoms with E-state index in [0.717, 1.165) is 37.8 Å². The van der Waals surface area contributed by atoms with Crippen molar-refractivity contribution in [2.45, 2.75) is 58.0 Å². The van der Waals surface area contributed by atoms with Gasteiger partial charge in [-0.25, -0.2) is 19.9 Å². The van der Waals surface area contributed by atoms with Crippen molar-refractivity contribution < 1.29 is 9.21 Å². The highest BCUT2D eigenvalue weighted by atomic mass is 16.3. The molecule has 0 radical (unpaired) electrons. The standard InChI is InChI=1S/C20H22N6O2/c1-11-15(16-17(26-20(2)6-7-20)23-10-24-19(16)28-11)18(27)22-9-14-21-8-12-4-3-5-13(12)25-14/h8,10H,3-7,9H2,1-2H3,(H,22,27)(H,23,24,26). The van der Waals surface area contributed by atoms with E-state index in [1.807, 2.05) is 6.20 Å². The molecular weight excluding hydrogens is 356 g/mol. The quantitative estimate of drug-likeness (QED) is 0.703. The zero-order valence-electron chi connectivity index (χ0n) is 16.0. The van der Waals surface area contributed by atoms with Gasteiger partial charge in [-0.2, -0.15) is 0 Å². The van der Waals surface area contributed by atoms with Gasteiger partial charge in [-0.15, -0.1) is 0 Å². The summed E-state index contributed by atoms with van der Waals surface area (Å²) in [6.45, 7) is 4.18. The predicted molar refractivity (Wildman–Crippen MR) is 103 cm³/mol. The second kappa shape index (κ2) is 6.25. The molecule has 2 N–H and O–H groups in total. The summed E-state index contributed by atoms with van der Waals surface area (Å²) in [4.78, 5) is 30.5. The van der Waals surface area contributed by atoms with Gasteiger partial charge in [0.15, 0.2) is 0 Å². The predicted octanol–water partition coefficient (Wildman–Crippen LogP) is 2.70. The van der Waals surface area contributed by atoms with Crippen molar-refractivity contribution in [1.29, 1.82) is 0 Å². The number of hydrogen-bond donors (Lipinski definition) is 2. The maximum absolute atomic E-state index is 13.0. The number of fused-ring (bicyclic) bond motifs is 2. The lowest BCUT2D eigenvalue weighted by molar-refractivity contribution is 0.0949. The van der Waals surface area contributed by atoms with Gasteiger partial charge in [0.25, 0.3) is 5.91 Å². The SMILES string of the molecule is Cc1oc2ncnc(NC3(C)CC3)c2c1C(=O)NCc1ncc2c(n1)CCC2. The molecule has 1 fully saturated rings. The Kier molecular flexibility index (Phi) is 3.82. The molecule has 0 spiro atoms. The number of aryl methyl sites for hydroxylation is 3. The summed E-state index contributed by atoms with van der Waals surface area (Å²) < 4.78 is 5.73. The van der Waals surface area contributed by atoms with Crippen LogP contribution in [0.15, 0.2) is 16.9 Å². The van der Waals surface area contributed by atoms with Crippen LogP contribution in [-0.2, 0) is 19.4 Å². The van der Waals surface area contributed by atoms with Crippen molar-refractivity contribution in [3.8, 4) is 0 Å². The largest absolute Gasteiger partial charge is 0.442 e. The number of hydrogen-bond acceptors (Lipinski definition) is 7. The fourth-order valence-electron chi connectivity index (χ4n) is 3.70. The number of nitrogens with zero attached hydrogens (tertiary/aromatic N) is 4. The highest BCUT2D eigenvalue weighted by Gasteiger charge is 2.38. The molecule has 0 aliphatic heterocycles. The molecule has 0 aromatic carbocycles. The van der Waals surface area contributed by atoms with Crippen molar-refractivity contribution in [3.05, 3.63) is 40.9 Å². The first-order valence-corrected chi connectivity index (χ1v) is 9.66. The Morgan fingerprint density at radius 1 is 1.25 bits per heavy atom. The Bertz CT molecular complexity index is 1090. The van der Waals surface area contributed by atoms with E-state index < -0.39 is 0 Å². The third-order valence-electron chi connectivity index (χ3n) is 5.58. The number of aromatic nitrogens is 4. The average Bonchev–Trinajstić information content (AvgIpc) is 3.08. The smallest absolute Gasteiger partial charge is 0.256 e. The van der Waals surface area contributed by atoms with E-state index in [0.29, 0.717) is 34.1 Å². The van der Waals surface area contributed by atoms with E-state index in [4.69, 9.17) is 4.42 Å². The van der Waals surface area contributed by atoms with Crippen molar-refractivity contribution in [1.82, 2.24) is 25.3 Å². The second-order valence-electron chi connectivity index (χ2n) is 7.92. The summed E-state index contributed by atoms with van der Waals surface area (Å²) in [6, 6.07) is 0. The Hall–Kier alpha value is -3.03. The molecule has 3 aromatic rings. The normalized spacial score (nSPS) is 16.8. The van der Waals surface area contributed by atoms with Gasteiger partial charge in [0.1, 0.15) is 23.7 Å². The van der Waals surface area contributed by atoms with Crippen LogP contribution >= 0.6 is 0 Å². The zero-order chi connectivity index (χ0) is 19.3. The molecule has 8 nitrogen and oxygen atoms in total. The number of furan rings is 1. The fourth-order valence-corrected chi connectivity index (χ4v) is 3.70. The van der Waals surface area contributed by atoms with E-state index in [1.165, 1.54) is 11.9 Å². The molecule has 28 heavy (non-hydrogen) atoms. The minimum absolute atomic E-state index is 0.0263. The van der Waals surface area contributed by atoms with E-state index in [2.05, 4.69) is 37.5 Å². The lowest BCUT2D eigenvalue weighted by Crippen LogP contribution is -2.25. The highest BCUT2D eigenvalue weighted by Crippen LogP contribution is 2.40. The molecule has 8 heteroatoms. The molecule has 0 saturated heterocycles. The van der Waals surface area contributed by atoms with Gasteiger partial charge in [0.2, 0.25) is 5.71 Å². The molecule has 2 aliphatic carbocycles. The minimum atomic E-state index is -0.237. The summed E-state index contributed by atoms with van der Waals surface area (Å²) in [7, 11) is 0. The molecule has 1 saturated carbocycles. The number of nitrogens with one attached hydrogen (secondary N) is 2. The van der Waals surface area contributed by atoms with E-state index in [-0.39, 0.29) is 18.0 Å². The molecule has 144 valence electrons. The summed E-state index contributed by atoms with van der Waals surface area (Å²) in [5, 5.41) is 6.98. The Morgan fingerprint density at radius 3 is 2.93 bits per heavy atom. The lowest BCUT2D eigenvalue weighted by atomic mass is 10.1. The molecule has 2 aliphatic rings. The molecule has 5 rings (SSSR count). The maximum Gasteiger partial charge on any atom is 0.256 e. The average molecular weight is 378 g/mol. The van der Waals surface area contributed by atoms with Crippen LogP contribution in [0.1, 0.15) is 59.4 Å². The van der Waals surface area contributed by atoms with Gasteiger partial charge in [0, 0.05) is 17.4 Å². The monoisotopic (exact) mass is 378 g/mol. The van der Waals surface area contributed by atoms with E-state index in [9.17, 15) is 4.79 Å². The Morgan fingerprint density at radius 2 is 2.11 bits per heavy atom. The fraction of sp³-hybridized carbons (Fsp3) is 0.450. The van der Waals surface area contributed by atoms with Crippen molar-refractivity contribution in [3.63, 3.8) is 0 Å². The number of anilines is 1. The molecule has 0 atom stereocenters. The third kappa shape index (κ3) is 2.98. The maximum atomic E-state index is 13.0. The first kappa shape index (κ1) is 17.1. The van der Waals surface area contributed by atoms with Gasteiger partial charge in [-0.3, -0.25) is 4.79 Å². The number of carbonyl (C=O) groups is 1. The van der Waals surface area contributed by atoms with Crippen molar-refractivity contribution in [2.75, 3.05) is 5.32 Å². The van der Waals surface area contributed by atoms with Crippen LogP contribution in [0.2, 0.25) is 0 Å². The van der Waals surface area contributed by atoms with Gasteiger partial charge >= 0.3 is 0 Å². The van der Waals surface area contributed by atoms with Crippen LogP contribution in [-0.4, -0.2) is 31.4 Å². The van der Waals surface area contributed by atoms with Crippen LogP contribution in [0.3, 0.4) is 0 Å². The summed E-state index contributed by atoms with van der Waals surface area (Å²) in [5.41, 5.74) is 3.22. The van der Waals surface area contributed by atoms with E-state index in [1.54, 1.807) is 6.92 Å². The van der Waals surface area contributed by atoms with Gasteiger partial charge in [0.05, 0.1) is 17.5 Å². The molecule has 3 aromatic heterocycles. The van der Waals surface area contributed by atoms with E-state index >= 15 is 0 Å². The second-order valence-corrected chi connectivity index (χ2v) is 7.92. The minimum Gasteiger partial charge on any atom is -0.442 e. The lowest BCUT2D eigenvalue weighted by Gasteiger charge is -2.13. The van der Waals surface area contributed by atoms with Crippen LogP contribution in [0, 0.1) is 6.92 Å². The van der Waals surface area contributed by atoms with Crippen molar-refractivity contribution >= 4 is 22.8 Å². The molecule has 0 bridgehead atoms. The highest BCUT2D eigenvalue weighted by molar-refractivity contribution is 6.10. The topological polar surface area (TPSA) is 106 Å². The van der Waals surface area contributed by atoms with Crippen LogP contribution in [0.25, 0.3) is 11.1 Å². The van der Waals surface area contributed by atoms with Crippen LogP contribution in [0.4, 0.5) is 5.82 Å². The molecular formula is C20H22N6O2. The summed E-state index contributed by atoms with van der Waals surface area (Å²) in [6.07, 6.45) is 8.63. The molecule has 3 heterocycles. The number of amides is 1. The molecule has 1 amide bonds. The van der Waals surface area contributed by atoms with Gasteiger partial charge in [-0.1, -0.05) is 0 Å². The van der Waals surface area contributed by atoms with Gasteiger partial charge < -0.3 is 15.1 Å². The Balaban J connectivity index is 1.41. The van der Waals surface area contributed by atoms with Crippen molar-refractivity contribution in [2.24, 2.45) is 0 Å². The third-order valence-corrected chi connectivity index (χ3v) is 5.58. The number of carbonyl (C=O) groups excluding carboxylic acids is 1. The first-order valence-electron chi connectivity index (χ1n) is 9.66. The molecule has 0 unspecified atom stereocenters. The van der Waals surface area contributed by atoms with Crippen LogP contribution in [0.5, 0.6) is 0 Å². The van der Waals surface area contributed by atoms with Crippen LogP contribution < -0.4 is 10.6 Å².